The molecule has 0 saturated carbocycles. The monoisotopic (exact) mass is 382 g/mol. The van der Waals surface area contributed by atoms with Crippen molar-refractivity contribution < 1.29 is 9.53 Å². The average Bonchev–Trinajstić information content (AvgIpc) is 3.10. The molecule has 0 unspecified atom stereocenters. The number of para-hydroxylation sites is 2. The number of thioether (sulfide) groups is 1. The van der Waals surface area contributed by atoms with E-state index in [9.17, 15) is 4.79 Å². The number of amides is 1. The molecule has 0 atom stereocenters. The minimum Gasteiger partial charge on any atom is -0.494 e. The van der Waals surface area contributed by atoms with Gasteiger partial charge in [-0.3, -0.25) is 4.79 Å². The van der Waals surface area contributed by atoms with Crippen LogP contribution in [0.4, 0.5) is 0 Å². The molecule has 1 heterocycles. The van der Waals surface area contributed by atoms with Crippen LogP contribution in [0, 0.1) is 0 Å². The Hall–Kier alpha value is -2.80. The third-order valence-corrected chi connectivity index (χ3v) is 4.61. The molecule has 0 aliphatic heterocycles. The Morgan fingerprint density at radius 3 is 3.04 bits per heavy atom. The number of carbonyl (C=O) groups is 1. The molecule has 2 N–H and O–H groups in total. The smallest absolute Gasteiger partial charge is 0.250 e. The molecule has 6 nitrogen and oxygen atoms in total. The average molecular weight is 382 g/mol. The number of fused-ring (bicyclic) bond motifs is 1. The zero-order valence-corrected chi connectivity index (χ0v) is 16.0. The Balaban J connectivity index is 1.46. The van der Waals surface area contributed by atoms with Crippen molar-refractivity contribution in [2.75, 3.05) is 12.4 Å². The highest BCUT2D eigenvalue weighted by Gasteiger charge is 2.06. The molecule has 0 radical (unpaired) electrons. The lowest BCUT2D eigenvalue weighted by atomic mass is 10.2. The maximum absolute atomic E-state index is 12.0. The lowest BCUT2D eigenvalue weighted by Gasteiger charge is -2.05. The van der Waals surface area contributed by atoms with Crippen molar-refractivity contribution in [1.82, 2.24) is 15.4 Å². The Bertz CT molecular complexity index is 890. The van der Waals surface area contributed by atoms with Gasteiger partial charge in [-0.05, 0) is 36.2 Å². The summed E-state index contributed by atoms with van der Waals surface area (Å²) in [6, 6.07) is 15.4. The largest absolute Gasteiger partial charge is 0.494 e. The Morgan fingerprint density at radius 1 is 1.30 bits per heavy atom. The number of aromatic nitrogens is 2. The summed E-state index contributed by atoms with van der Waals surface area (Å²) in [4.78, 5) is 19.6. The summed E-state index contributed by atoms with van der Waals surface area (Å²) in [7, 11) is 0. The first-order valence-corrected chi connectivity index (χ1v) is 9.85. The molecular formula is C20H22N4O2S. The molecule has 0 bridgehead atoms. The van der Waals surface area contributed by atoms with Gasteiger partial charge in [0.1, 0.15) is 5.75 Å². The van der Waals surface area contributed by atoms with Crippen molar-refractivity contribution in [3.63, 3.8) is 0 Å². The number of hydrogen-bond donors (Lipinski definition) is 2. The number of nitrogens with one attached hydrogen (secondary N) is 2. The van der Waals surface area contributed by atoms with Crippen molar-refractivity contribution in [2.45, 2.75) is 24.9 Å². The summed E-state index contributed by atoms with van der Waals surface area (Å²) < 4.78 is 5.66. The molecule has 3 rings (SSSR count). The number of hydrogen-bond acceptors (Lipinski definition) is 5. The zero-order chi connectivity index (χ0) is 18.9. The first-order valence-electron chi connectivity index (χ1n) is 8.87. The van der Waals surface area contributed by atoms with Crippen molar-refractivity contribution in [1.29, 1.82) is 0 Å². The van der Waals surface area contributed by atoms with E-state index in [0.717, 1.165) is 35.2 Å². The zero-order valence-electron chi connectivity index (χ0n) is 15.1. The van der Waals surface area contributed by atoms with Gasteiger partial charge in [0.25, 0.3) is 5.91 Å². The van der Waals surface area contributed by atoms with Crippen LogP contribution in [0.2, 0.25) is 0 Å². The van der Waals surface area contributed by atoms with Gasteiger partial charge in [-0.25, -0.2) is 10.4 Å². The summed E-state index contributed by atoms with van der Waals surface area (Å²) in [5.41, 5.74) is 5.25. The summed E-state index contributed by atoms with van der Waals surface area (Å²) >= 11 is 1.34. The minimum absolute atomic E-state index is 0.188. The first kappa shape index (κ1) is 19.0. The first-order chi connectivity index (χ1) is 13.2. The van der Waals surface area contributed by atoms with Crippen molar-refractivity contribution in [3.05, 3.63) is 54.1 Å². The van der Waals surface area contributed by atoms with E-state index in [2.05, 4.69) is 27.4 Å². The van der Waals surface area contributed by atoms with E-state index in [1.807, 2.05) is 48.5 Å². The van der Waals surface area contributed by atoms with Gasteiger partial charge >= 0.3 is 0 Å². The Morgan fingerprint density at radius 2 is 2.19 bits per heavy atom. The SMILES string of the molecule is CCCCOc1cccc(/C=N/NC(=O)CSc2nc3ccccc3[nH]2)c1. The van der Waals surface area contributed by atoms with Crippen molar-refractivity contribution >= 4 is 34.9 Å². The lowest BCUT2D eigenvalue weighted by molar-refractivity contribution is -0.118. The quantitative estimate of drug-likeness (QED) is 0.254. The predicted octanol–water partition coefficient (Wildman–Crippen LogP) is 3.98. The molecule has 0 aliphatic rings. The van der Waals surface area contributed by atoms with Gasteiger partial charge in [-0.1, -0.05) is 49.4 Å². The van der Waals surface area contributed by atoms with E-state index < -0.39 is 0 Å². The van der Waals surface area contributed by atoms with Gasteiger partial charge in [-0.2, -0.15) is 5.10 Å². The molecule has 140 valence electrons. The van der Waals surface area contributed by atoms with Crippen molar-refractivity contribution in [2.24, 2.45) is 5.10 Å². The summed E-state index contributed by atoms with van der Waals surface area (Å²) in [5, 5.41) is 4.73. The van der Waals surface area contributed by atoms with E-state index in [-0.39, 0.29) is 11.7 Å². The molecule has 0 fully saturated rings. The molecule has 1 amide bonds. The molecule has 7 heteroatoms. The molecule has 0 aliphatic carbocycles. The molecule has 3 aromatic rings. The van der Waals surface area contributed by atoms with Crippen LogP contribution in [0.5, 0.6) is 5.75 Å². The number of imidazole rings is 1. The van der Waals surface area contributed by atoms with E-state index in [4.69, 9.17) is 4.74 Å². The number of carbonyl (C=O) groups excluding carboxylic acids is 1. The topological polar surface area (TPSA) is 79.4 Å². The van der Waals surface area contributed by atoms with Crippen LogP contribution in [0.15, 0.2) is 58.8 Å². The second kappa shape index (κ2) is 9.78. The number of rotatable bonds is 9. The molecular weight excluding hydrogens is 360 g/mol. The summed E-state index contributed by atoms with van der Waals surface area (Å²) in [6.07, 6.45) is 3.73. The fraction of sp³-hybridized carbons (Fsp3) is 0.250. The van der Waals surface area contributed by atoms with Crippen LogP contribution >= 0.6 is 11.8 Å². The molecule has 2 aromatic carbocycles. The third kappa shape index (κ3) is 5.86. The summed E-state index contributed by atoms with van der Waals surface area (Å²) in [5.74, 6) is 0.850. The Labute approximate surface area is 162 Å². The maximum Gasteiger partial charge on any atom is 0.250 e. The Kier molecular flexibility index (Phi) is 6.87. The fourth-order valence-electron chi connectivity index (χ4n) is 2.36. The fourth-order valence-corrected chi connectivity index (χ4v) is 3.04. The molecule has 27 heavy (non-hydrogen) atoms. The minimum atomic E-state index is -0.188. The standard InChI is InChI=1S/C20H22N4O2S/c1-2-3-11-26-16-8-6-7-15(12-16)13-21-24-19(25)14-27-20-22-17-9-4-5-10-18(17)23-20/h4-10,12-13H,2-3,11,14H2,1H3,(H,22,23)(H,24,25)/b21-13+. The molecule has 1 aromatic heterocycles. The van der Waals surface area contributed by atoms with Crippen LogP contribution < -0.4 is 10.2 Å². The highest BCUT2D eigenvalue weighted by atomic mass is 32.2. The third-order valence-electron chi connectivity index (χ3n) is 3.74. The highest BCUT2D eigenvalue weighted by molar-refractivity contribution is 7.99. The number of H-pyrrole nitrogens is 1. The van der Waals surface area contributed by atoms with Crippen LogP contribution in [0.25, 0.3) is 11.0 Å². The van der Waals surface area contributed by atoms with Crippen molar-refractivity contribution in [3.8, 4) is 5.75 Å². The predicted molar refractivity (Wildman–Crippen MR) is 109 cm³/mol. The number of benzene rings is 2. The second-order valence-corrected chi connectivity index (χ2v) is 6.88. The second-order valence-electron chi connectivity index (χ2n) is 5.92. The van der Waals surface area contributed by atoms with Gasteiger partial charge < -0.3 is 9.72 Å². The van der Waals surface area contributed by atoms with E-state index in [1.165, 1.54) is 11.8 Å². The number of ether oxygens (including phenoxy) is 1. The van der Waals surface area contributed by atoms with Crippen LogP contribution in [0.1, 0.15) is 25.3 Å². The normalized spacial score (nSPS) is 11.1. The number of aromatic amines is 1. The van der Waals surface area contributed by atoms with E-state index in [1.54, 1.807) is 6.21 Å². The summed E-state index contributed by atoms with van der Waals surface area (Å²) in [6.45, 7) is 2.83. The van der Waals surface area contributed by atoms with E-state index >= 15 is 0 Å². The highest BCUT2D eigenvalue weighted by Crippen LogP contribution is 2.18. The number of unbranched alkanes of at least 4 members (excludes halogenated alkanes) is 1. The lowest BCUT2D eigenvalue weighted by Crippen LogP contribution is -2.19. The van der Waals surface area contributed by atoms with E-state index in [0.29, 0.717) is 11.8 Å². The van der Waals surface area contributed by atoms with Crippen LogP contribution in [0.3, 0.4) is 0 Å². The maximum atomic E-state index is 12.0. The molecule has 0 spiro atoms. The van der Waals surface area contributed by atoms with Gasteiger partial charge in [0.15, 0.2) is 5.16 Å². The van der Waals surface area contributed by atoms with Crippen LogP contribution in [-0.2, 0) is 4.79 Å². The van der Waals surface area contributed by atoms with Gasteiger partial charge in [0.05, 0.1) is 29.6 Å². The van der Waals surface area contributed by atoms with Gasteiger partial charge in [0.2, 0.25) is 0 Å². The molecule has 0 saturated heterocycles. The number of hydrazone groups is 1. The van der Waals surface area contributed by atoms with Gasteiger partial charge in [0, 0.05) is 0 Å². The van der Waals surface area contributed by atoms with Gasteiger partial charge in [-0.15, -0.1) is 0 Å². The number of nitrogens with zero attached hydrogens (tertiary/aromatic N) is 2. The van der Waals surface area contributed by atoms with Crippen LogP contribution in [-0.4, -0.2) is 34.4 Å².